The minimum absolute atomic E-state index is 0.450. The largest absolute Gasteiger partial charge is 0.368 e. The lowest BCUT2D eigenvalue weighted by Gasteiger charge is -2.01. The number of fused-ring (bicyclic) bond motifs is 1. The van der Waals surface area contributed by atoms with Crippen LogP contribution in [0.1, 0.15) is 11.4 Å². The van der Waals surface area contributed by atoms with Gasteiger partial charge in [0.05, 0.1) is 0 Å². The quantitative estimate of drug-likeness (QED) is 0.744. The van der Waals surface area contributed by atoms with Crippen molar-refractivity contribution in [2.24, 2.45) is 7.05 Å². The van der Waals surface area contributed by atoms with E-state index in [1.165, 1.54) is 16.3 Å². The lowest BCUT2D eigenvalue weighted by atomic mass is 10.1. The van der Waals surface area contributed by atoms with Crippen LogP contribution in [0.25, 0.3) is 10.8 Å². The molecule has 3 rings (SSSR count). The molecule has 0 atom stereocenters. The van der Waals surface area contributed by atoms with Gasteiger partial charge in [0.25, 0.3) is 0 Å². The molecule has 0 saturated carbocycles. The van der Waals surface area contributed by atoms with Crippen LogP contribution in [0, 0.1) is 0 Å². The van der Waals surface area contributed by atoms with Crippen molar-refractivity contribution in [2.45, 2.75) is 6.42 Å². The van der Waals surface area contributed by atoms with Crippen LogP contribution in [-0.4, -0.2) is 14.8 Å². The second-order valence-electron chi connectivity index (χ2n) is 4.37. The Balaban J connectivity index is 1.95. The fraction of sp³-hybridized carbons (Fsp3) is 0.143. The zero-order valence-electron chi connectivity index (χ0n) is 10.2. The van der Waals surface area contributed by atoms with Crippen molar-refractivity contribution >= 4 is 16.7 Å². The molecule has 2 aromatic carbocycles. The molecule has 0 aliphatic rings. The van der Waals surface area contributed by atoms with Crippen molar-refractivity contribution < 1.29 is 0 Å². The Hall–Kier alpha value is -2.36. The summed E-state index contributed by atoms with van der Waals surface area (Å²) in [7, 11) is 1.80. The molecule has 90 valence electrons. The number of nitrogens with two attached hydrogens (primary N) is 1. The van der Waals surface area contributed by atoms with Gasteiger partial charge in [-0.3, -0.25) is 0 Å². The number of rotatable bonds is 2. The predicted molar refractivity (Wildman–Crippen MR) is 72.2 cm³/mol. The minimum atomic E-state index is 0.450. The number of benzene rings is 2. The molecule has 0 aliphatic carbocycles. The molecule has 18 heavy (non-hydrogen) atoms. The number of anilines is 1. The molecule has 0 radical (unpaired) electrons. The van der Waals surface area contributed by atoms with E-state index in [0.717, 1.165) is 5.82 Å². The van der Waals surface area contributed by atoms with E-state index < -0.39 is 0 Å². The van der Waals surface area contributed by atoms with E-state index in [1.54, 1.807) is 11.7 Å². The van der Waals surface area contributed by atoms with Gasteiger partial charge >= 0.3 is 0 Å². The molecule has 0 unspecified atom stereocenters. The van der Waals surface area contributed by atoms with Crippen molar-refractivity contribution in [2.75, 3.05) is 5.73 Å². The molecule has 0 fully saturated rings. The van der Waals surface area contributed by atoms with E-state index in [4.69, 9.17) is 5.73 Å². The summed E-state index contributed by atoms with van der Waals surface area (Å²) in [4.78, 5) is 4.22. The number of aromatic nitrogens is 3. The lowest BCUT2D eigenvalue weighted by molar-refractivity contribution is 0.759. The molecule has 0 bridgehead atoms. The minimum Gasteiger partial charge on any atom is -0.368 e. The van der Waals surface area contributed by atoms with Gasteiger partial charge in [0, 0.05) is 13.5 Å². The first-order valence-electron chi connectivity index (χ1n) is 5.85. The van der Waals surface area contributed by atoms with Crippen LogP contribution in [0.5, 0.6) is 0 Å². The first-order valence-corrected chi connectivity index (χ1v) is 5.85. The van der Waals surface area contributed by atoms with E-state index in [0.29, 0.717) is 12.4 Å². The third kappa shape index (κ3) is 1.93. The Bertz CT molecular complexity index is 680. The van der Waals surface area contributed by atoms with Gasteiger partial charge in [-0.15, -0.1) is 0 Å². The lowest BCUT2D eigenvalue weighted by Crippen LogP contribution is -1.97. The van der Waals surface area contributed by atoms with Crippen LogP contribution < -0.4 is 5.73 Å². The Labute approximate surface area is 105 Å². The molecule has 1 aromatic heterocycles. The molecule has 2 N–H and O–H groups in total. The zero-order chi connectivity index (χ0) is 12.5. The first-order chi connectivity index (χ1) is 8.72. The molecule has 4 heteroatoms. The van der Waals surface area contributed by atoms with Crippen molar-refractivity contribution in [3.63, 3.8) is 0 Å². The third-order valence-corrected chi connectivity index (χ3v) is 3.02. The number of aryl methyl sites for hydroxylation is 1. The van der Waals surface area contributed by atoms with Crippen molar-refractivity contribution in [1.82, 2.24) is 14.8 Å². The van der Waals surface area contributed by atoms with Crippen LogP contribution in [0.4, 0.5) is 5.95 Å². The fourth-order valence-electron chi connectivity index (χ4n) is 2.06. The number of hydrogen-bond acceptors (Lipinski definition) is 3. The summed E-state index contributed by atoms with van der Waals surface area (Å²) >= 11 is 0. The van der Waals surface area contributed by atoms with Crippen molar-refractivity contribution in [1.29, 1.82) is 0 Å². The SMILES string of the molecule is Cn1nc(Cc2ccc3ccccc3c2)nc1N. The summed E-state index contributed by atoms with van der Waals surface area (Å²) in [6.45, 7) is 0. The van der Waals surface area contributed by atoms with Crippen molar-refractivity contribution in [3.8, 4) is 0 Å². The summed E-state index contributed by atoms with van der Waals surface area (Å²) in [5, 5.41) is 6.75. The molecule has 0 spiro atoms. The maximum atomic E-state index is 5.67. The van der Waals surface area contributed by atoms with Crippen molar-refractivity contribution in [3.05, 3.63) is 53.9 Å². The van der Waals surface area contributed by atoms with Gasteiger partial charge in [0.15, 0.2) is 5.82 Å². The second kappa shape index (κ2) is 4.14. The van der Waals surface area contributed by atoms with Gasteiger partial charge in [-0.25, -0.2) is 4.68 Å². The highest BCUT2D eigenvalue weighted by molar-refractivity contribution is 5.83. The number of hydrogen-bond donors (Lipinski definition) is 1. The smallest absolute Gasteiger partial charge is 0.218 e. The average molecular weight is 238 g/mol. The number of nitrogen functional groups attached to an aromatic ring is 1. The maximum absolute atomic E-state index is 5.67. The van der Waals surface area contributed by atoms with E-state index in [1.807, 2.05) is 12.1 Å². The molecule has 1 heterocycles. The highest BCUT2D eigenvalue weighted by Crippen LogP contribution is 2.17. The van der Waals surface area contributed by atoms with Gasteiger partial charge in [-0.1, -0.05) is 42.5 Å². The Kier molecular flexibility index (Phi) is 2.48. The Morgan fingerprint density at radius 2 is 1.89 bits per heavy atom. The first kappa shape index (κ1) is 10.8. The van der Waals surface area contributed by atoms with E-state index in [2.05, 4.69) is 40.4 Å². The van der Waals surface area contributed by atoms with Gasteiger partial charge in [0.1, 0.15) is 0 Å². The van der Waals surface area contributed by atoms with Crippen LogP contribution in [0.15, 0.2) is 42.5 Å². The number of nitrogens with zero attached hydrogens (tertiary/aromatic N) is 3. The molecule has 4 nitrogen and oxygen atoms in total. The van der Waals surface area contributed by atoms with Crippen LogP contribution in [-0.2, 0) is 13.5 Å². The van der Waals surface area contributed by atoms with Gasteiger partial charge < -0.3 is 5.73 Å². The van der Waals surface area contributed by atoms with Gasteiger partial charge in [0.2, 0.25) is 5.95 Å². The zero-order valence-corrected chi connectivity index (χ0v) is 10.2. The van der Waals surface area contributed by atoms with Crippen LogP contribution in [0.3, 0.4) is 0 Å². The van der Waals surface area contributed by atoms with Crippen LogP contribution in [0.2, 0.25) is 0 Å². The standard InChI is InChI=1S/C14H14N4/c1-18-14(15)16-13(17-18)9-10-6-7-11-4-2-3-5-12(11)8-10/h2-8H,9H2,1H3,(H2,15,16,17). The molecular formula is C14H14N4. The highest BCUT2D eigenvalue weighted by Gasteiger charge is 2.05. The van der Waals surface area contributed by atoms with E-state index in [-0.39, 0.29) is 0 Å². The fourth-order valence-corrected chi connectivity index (χ4v) is 2.06. The third-order valence-electron chi connectivity index (χ3n) is 3.02. The molecule has 3 aromatic rings. The summed E-state index contributed by atoms with van der Waals surface area (Å²) in [6, 6.07) is 14.7. The Morgan fingerprint density at radius 3 is 2.61 bits per heavy atom. The summed E-state index contributed by atoms with van der Waals surface area (Å²) in [5.74, 6) is 1.20. The normalized spacial score (nSPS) is 10.9. The molecule has 0 amide bonds. The average Bonchev–Trinajstić information content (AvgIpc) is 2.68. The molecule has 0 aliphatic heterocycles. The van der Waals surface area contributed by atoms with Gasteiger partial charge in [-0.2, -0.15) is 10.1 Å². The van der Waals surface area contributed by atoms with Gasteiger partial charge in [-0.05, 0) is 16.3 Å². The predicted octanol–water partition coefficient (Wildman–Crippen LogP) is 2.14. The second-order valence-corrected chi connectivity index (χ2v) is 4.37. The van der Waals surface area contributed by atoms with E-state index >= 15 is 0 Å². The monoisotopic (exact) mass is 238 g/mol. The topological polar surface area (TPSA) is 56.7 Å². The van der Waals surface area contributed by atoms with E-state index in [9.17, 15) is 0 Å². The summed E-state index contributed by atoms with van der Waals surface area (Å²) < 4.78 is 1.59. The molecule has 0 saturated heterocycles. The maximum Gasteiger partial charge on any atom is 0.218 e. The summed E-state index contributed by atoms with van der Waals surface area (Å²) in [6.07, 6.45) is 0.704. The van der Waals surface area contributed by atoms with Crippen LogP contribution >= 0.6 is 0 Å². The Morgan fingerprint density at radius 1 is 1.11 bits per heavy atom. The highest BCUT2D eigenvalue weighted by atomic mass is 15.4. The molecular weight excluding hydrogens is 224 g/mol. The summed E-state index contributed by atoms with van der Waals surface area (Å²) in [5.41, 5.74) is 6.87.